The number of benzene rings is 2. The third kappa shape index (κ3) is 1.45. The molecule has 22 heavy (non-hydrogen) atoms. The third-order valence-electron chi connectivity index (χ3n) is 4.28. The van der Waals surface area contributed by atoms with Gasteiger partial charge >= 0.3 is 5.97 Å². The van der Waals surface area contributed by atoms with Crippen molar-refractivity contribution < 1.29 is 24.9 Å². The van der Waals surface area contributed by atoms with Crippen molar-refractivity contribution in [3.05, 3.63) is 46.5 Å². The predicted octanol–water partition coefficient (Wildman–Crippen LogP) is 2.73. The van der Waals surface area contributed by atoms with Crippen molar-refractivity contribution in [1.29, 1.82) is 0 Å². The number of aromatic hydroxyl groups is 3. The molecule has 2 aliphatic rings. The van der Waals surface area contributed by atoms with E-state index in [-0.39, 0.29) is 28.9 Å². The van der Waals surface area contributed by atoms with E-state index in [0.717, 1.165) is 5.56 Å². The van der Waals surface area contributed by atoms with Gasteiger partial charge in [0, 0.05) is 17.0 Å². The Morgan fingerprint density at radius 3 is 2.55 bits per heavy atom. The number of phenols is 3. The van der Waals surface area contributed by atoms with Gasteiger partial charge in [0.1, 0.15) is 0 Å². The molecule has 0 fully saturated rings. The van der Waals surface area contributed by atoms with Crippen molar-refractivity contribution in [3.8, 4) is 23.0 Å². The third-order valence-corrected chi connectivity index (χ3v) is 4.28. The molecule has 2 aromatic carbocycles. The highest BCUT2D eigenvalue weighted by molar-refractivity contribution is 6.27. The van der Waals surface area contributed by atoms with Crippen LogP contribution in [-0.2, 0) is 4.79 Å². The summed E-state index contributed by atoms with van der Waals surface area (Å²) in [4.78, 5) is 12.1. The molecule has 3 N–H and O–H groups in total. The highest BCUT2D eigenvalue weighted by Gasteiger charge is 2.37. The van der Waals surface area contributed by atoms with Crippen LogP contribution in [0.25, 0.3) is 11.6 Å². The maximum atomic E-state index is 12.1. The molecule has 0 saturated heterocycles. The van der Waals surface area contributed by atoms with Crippen molar-refractivity contribution in [2.45, 2.75) is 12.8 Å². The van der Waals surface area contributed by atoms with Gasteiger partial charge < -0.3 is 20.1 Å². The second kappa shape index (κ2) is 4.04. The molecule has 110 valence electrons. The van der Waals surface area contributed by atoms with Gasteiger partial charge in [0.05, 0.1) is 5.57 Å². The zero-order valence-electron chi connectivity index (χ0n) is 11.6. The Bertz CT molecular complexity index is 879. The van der Waals surface area contributed by atoms with Crippen LogP contribution in [0.3, 0.4) is 0 Å². The quantitative estimate of drug-likeness (QED) is 0.395. The highest BCUT2D eigenvalue weighted by Crippen LogP contribution is 2.51. The van der Waals surface area contributed by atoms with Crippen LogP contribution in [0.15, 0.2) is 24.3 Å². The van der Waals surface area contributed by atoms with Gasteiger partial charge in [-0.05, 0) is 29.3 Å². The number of carbonyl (C=O) groups is 1. The van der Waals surface area contributed by atoms with Gasteiger partial charge in [-0.25, -0.2) is 4.79 Å². The van der Waals surface area contributed by atoms with Crippen LogP contribution in [0.4, 0.5) is 0 Å². The highest BCUT2D eigenvalue weighted by atomic mass is 16.5. The topological polar surface area (TPSA) is 87.0 Å². The molecule has 5 heteroatoms. The summed E-state index contributed by atoms with van der Waals surface area (Å²) < 4.78 is 5.17. The Hall–Kier alpha value is -2.95. The van der Waals surface area contributed by atoms with Gasteiger partial charge in [0.15, 0.2) is 23.0 Å². The molecule has 1 atom stereocenters. The minimum atomic E-state index is -0.537. The number of fused-ring (bicyclic) bond motifs is 1. The molecule has 1 heterocycles. The molecule has 0 amide bonds. The summed E-state index contributed by atoms with van der Waals surface area (Å²) in [6, 6.07) is 6.19. The van der Waals surface area contributed by atoms with E-state index in [1.807, 2.05) is 6.92 Å². The molecule has 0 saturated carbocycles. The average molecular weight is 296 g/mol. The summed E-state index contributed by atoms with van der Waals surface area (Å²) in [5.41, 5.74) is 2.83. The first-order valence-electron chi connectivity index (χ1n) is 6.84. The first-order chi connectivity index (χ1) is 10.5. The monoisotopic (exact) mass is 296 g/mol. The Morgan fingerprint density at radius 2 is 1.77 bits per heavy atom. The lowest BCUT2D eigenvalue weighted by Crippen LogP contribution is -2.01. The number of phenolic OH excluding ortho intramolecular Hbond substituents is 3. The normalized spacial score (nSPS) is 18.1. The molecule has 0 spiro atoms. The lowest BCUT2D eigenvalue weighted by molar-refractivity contribution is -0.127. The van der Waals surface area contributed by atoms with E-state index in [1.165, 1.54) is 12.1 Å². The van der Waals surface area contributed by atoms with E-state index < -0.39 is 5.97 Å². The Labute approximate surface area is 125 Å². The fraction of sp³-hybridized carbons (Fsp3) is 0.118. The molecule has 0 bridgehead atoms. The Morgan fingerprint density at radius 1 is 1.05 bits per heavy atom. The van der Waals surface area contributed by atoms with E-state index >= 15 is 0 Å². The number of ether oxygens (including phenoxy) is 1. The van der Waals surface area contributed by atoms with Crippen LogP contribution in [0.2, 0.25) is 0 Å². The van der Waals surface area contributed by atoms with Gasteiger partial charge in [-0.1, -0.05) is 19.1 Å². The zero-order valence-corrected chi connectivity index (χ0v) is 11.6. The minimum absolute atomic E-state index is 0.0966. The summed E-state index contributed by atoms with van der Waals surface area (Å²) in [5, 5.41) is 29.9. The van der Waals surface area contributed by atoms with E-state index in [2.05, 4.69) is 0 Å². The molecule has 0 radical (unpaired) electrons. The van der Waals surface area contributed by atoms with Gasteiger partial charge in [-0.2, -0.15) is 0 Å². The first-order valence-corrected chi connectivity index (χ1v) is 6.84. The van der Waals surface area contributed by atoms with Crippen LogP contribution < -0.4 is 4.74 Å². The molecule has 1 aliphatic heterocycles. The van der Waals surface area contributed by atoms with Crippen LogP contribution >= 0.6 is 0 Å². The second-order valence-electron chi connectivity index (χ2n) is 5.48. The predicted molar refractivity (Wildman–Crippen MR) is 78.9 cm³/mol. The average Bonchev–Trinajstić information content (AvgIpc) is 2.74. The number of hydrogen-bond acceptors (Lipinski definition) is 5. The number of rotatable bonds is 0. The SMILES string of the molecule is CC1c2ccc(O)c3c2C(=Cc2ccc(O)c(O)c21)C(=O)O3. The van der Waals surface area contributed by atoms with E-state index in [0.29, 0.717) is 22.3 Å². The fourth-order valence-electron chi connectivity index (χ4n) is 3.21. The Balaban J connectivity index is 2.13. The molecule has 1 unspecified atom stereocenters. The molecular formula is C17H12O5. The summed E-state index contributed by atoms with van der Waals surface area (Å²) in [7, 11) is 0. The number of carbonyl (C=O) groups excluding carboxylic acids is 1. The zero-order chi connectivity index (χ0) is 15.6. The summed E-state index contributed by atoms with van der Waals surface area (Å²) >= 11 is 0. The van der Waals surface area contributed by atoms with Crippen LogP contribution in [-0.4, -0.2) is 21.3 Å². The second-order valence-corrected chi connectivity index (χ2v) is 5.48. The smallest absolute Gasteiger partial charge is 0.344 e. The lowest BCUT2D eigenvalue weighted by atomic mass is 9.87. The van der Waals surface area contributed by atoms with Crippen LogP contribution in [0, 0.1) is 0 Å². The van der Waals surface area contributed by atoms with Gasteiger partial charge in [-0.15, -0.1) is 0 Å². The standard InChI is InChI=1S/C17H12O5/c1-7-9-3-5-12(19)16-14(9)10(17(21)22-16)6-8-2-4-11(18)15(20)13(7)8/h2-7,18-20H,1H3. The van der Waals surface area contributed by atoms with Gasteiger partial charge in [0.2, 0.25) is 0 Å². The summed E-state index contributed by atoms with van der Waals surface area (Å²) in [6.07, 6.45) is 1.62. The number of hydrogen-bond donors (Lipinski definition) is 3. The van der Waals surface area contributed by atoms with Crippen LogP contribution in [0.1, 0.15) is 35.1 Å². The minimum Gasteiger partial charge on any atom is -0.504 e. The largest absolute Gasteiger partial charge is 0.504 e. The van der Waals surface area contributed by atoms with Crippen molar-refractivity contribution in [3.63, 3.8) is 0 Å². The van der Waals surface area contributed by atoms with Crippen molar-refractivity contribution in [1.82, 2.24) is 0 Å². The van der Waals surface area contributed by atoms with Crippen LogP contribution in [0.5, 0.6) is 23.0 Å². The van der Waals surface area contributed by atoms with Crippen molar-refractivity contribution in [2.75, 3.05) is 0 Å². The summed E-state index contributed by atoms with van der Waals surface area (Å²) in [6.45, 7) is 1.87. The fourth-order valence-corrected chi connectivity index (χ4v) is 3.21. The maximum absolute atomic E-state index is 12.1. The van der Waals surface area contributed by atoms with Gasteiger partial charge in [-0.3, -0.25) is 0 Å². The Kier molecular flexibility index (Phi) is 2.34. The van der Waals surface area contributed by atoms with E-state index in [4.69, 9.17) is 4.74 Å². The van der Waals surface area contributed by atoms with E-state index in [9.17, 15) is 20.1 Å². The van der Waals surface area contributed by atoms with Crippen molar-refractivity contribution >= 4 is 17.6 Å². The maximum Gasteiger partial charge on any atom is 0.344 e. The van der Waals surface area contributed by atoms with E-state index in [1.54, 1.807) is 18.2 Å². The molecule has 4 rings (SSSR count). The molecular weight excluding hydrogens is 284 g/mol. The molecule has 2 aromatic rings. The molecule has 5 nitrogen and oxygen atoms in total. The first kappa shape index (κ1) is 12.8. The summed E-state index contributed by atoms with van der Waals surface area (Å²) in [5.74, 6) is -1.16. The molecule has 1 aliphatic carbocycles. The molecule has 0 aromatic heterocycles. The number of esters is 1. The van der Waals surface area contributed by atoms with Crippen molar-refractivity contribution in [2.24, 2.45) is 0 Å². The lowest BCUT2D eigenvalue weighted by Gasteiger charge is -2.18. The van der Waals surface area contributed by atoms with Gasteiger partial charge in [0.25, 0.3) is 0 Å².